The molecule has 176 valence electrons. The molecule has 1 aliphatic heterocycles. The number of rotatable bonds is 6. The van der Waals surface area contributed by atoms with E-state index in [4.69, 9.17) is 0 Å². The fourth-order valence-electron chi connectivity index (χ4n) is 3.70. The van der Waals surface area contributed by atoms with Crippen LogP contribution in [0, 0.1) is 15.9 Å². The predicted molar refractivity (Wildman–Crippen MR) is 125 cm³/mol. The lowest BCUT2D eigenvalue weighted by Gasteiger charge is -2.36. The minimum Gasteiger partial charge on any atom is -0.368 e. The quantitative estimate of drug-likeness (QED) is 0.423. The molecule has 1 amide bonds. The number of halogens is 1. The summed E-state index contributed by atoms with van der Waals surface area (Å²) >= 11 is 0. The van der Waals surface area contributed by atoms with E-state index in [1.807, 2.05) is 4.90 Å². The predicted octanol–water partition coefficient (Wildman–Crippen LogP) is 3.50. The molecule has 3 aromatic carbocycles. The third-order valence-electron chi connectivity index (χ3n) is 5.48. The van der Waals surface area contributed by atoms with E-state index in [0.717, 1.165) is 6.07 Å². The summed E-state index contributed by atoms with van der Waals surface area (Å²) in [6.07, 6.45) is 0. The van der Waals surface area contributed by atoms with Gasteiger partial charge in [0, 0.05) is 49.6 Å². The van der Waals surface area contributed by atoms with Crippen molar-refractivity contribution < 1.29 is 22.5 Å². The zero-order valence-electron chi connectivity index (χ0n) is 17.9. The smallest absolute Gasteiger partial charge is 0.271 e. The van der Waals surface area contributed by atoms with Crippen LogP contribution in [-0.2, 0) is 10.0 Å². The molecular formula is C23H21FN4O5S. The highest BCUT2D eigenvalue weighted by Gasteiger charge is 2.25. The molecule has 0 atom stereocenters. The van der Waals surface area contributed by atoms with E-state index in [2.05, 4.69) is 4.72 Å². The Kier molecular flexibility index (Phi) is 6.46. The number of hydrogen-bond donors (Lipinski definition) is 1. The third-order valence-corrected chi connectivity index (χ3v) is 6.85. The van der Waals surface area contributed by atoms with Crippen molar-refractivity contribution in [3.8, 4) is 0 Å². The summed E-state index contributed by atoms with van der Waals surface area (Å²) < 4.78 is 41.5. The normalized spacial score (nSPS) is 14.0. The van der Waals surface area contributed by atoms with Gasteiger partial charge in [-0.25, -0.2) is 12.8 Å². The Labute approximate surface area is 195 Å². The van der Waals surface area contributed by atoms with E-state index in [0.29, 0.717) is 31.9 Å². The van der Waals surface area contributed by atoms with Crippen molar-refractivity contribution in [3.63, 3.8) is 0 Å². The maximum Gasteiger partial charge on any atom is 0.271 e. The average Bonchev–Trinajstić information content (AvgIpc) is 2.85. The maximum absolute atomic E-state index is 13.9. The Morgan fingerprint density at radius 3 is 2.35 bits per heavy atom. The summed E-state index contributed by atoms with van der Waals surface area (Å²) in [6.45, 7) is 1.68. The number of anilines is 2. The van der Waals surface area contributed by atoms with Crippen LogP contribution < -0.4 is 9.62 Å². The highest BCUT2D eigenvalue weighted by Crippen LogP contribution is 2.24. The van der Waals surface area contributed by atoms with Crippen molar-refractivity contribution in [2.24, 2.45) is 0 Å². The molecule has 0 saturated carbocycles. The fourth-order valence-corrected chi connectivity index (χ4v) is 4.81. The van der Waals surface area contributed by atoms with E-state index in [1.165, 1.54) is 54.6 Å². The molecular weight excluding hydrogens is 463 g/mol. The number of piperazine rings is 1. The van der Waals surface area contributed by atoms with Crippen LogP contribution in [0.2, 0.25) is 0 Å². The second kappa shape index (κ2) is 9.48. The molecule has 0 spiro atoms. The van der Waals surface area contributed by atoms with Crippen molar-refractivity contribution in [2.75, 3.05) is 35.8 Å². The van der Waals surface area contributed by atoms with Crippen LogP contribution >= 0.6 is 0 Å². The summed E-state index contributed by atoms with van der Waals surface area (Å²) in [7, 11) is -4.10. The monoisotopic (exact) mass is 484 g/mol. The van der Waals surface area contributed by atoms with Crippen LogP contribution in [0.4, 0.5) is 21.5 Å². The lowest BCUT2D eigenvalue weighted by Crippen LogP contribution is -2.48. The molecule has 11 heteroatoms. The van der Waals surface area contributed by atoms with Crippen molar-refractivity contribution in [2.45, 2.75) is 4.90 Å². The van der Waals surface area contributed by atoms with E-state index >= 15 is 0 Å². The Morgan fingerprint density at radius 2 is 1.65 bits per heavy atom. The first kappa shape index (κ1) is 23.2. The molecule has 3 aromatic rings. The zero-order chi connectivity index (χ0) is 24.3. The summed E-state index contributed by atoms with van der Waals surface area (Å²) in [5.41, 5.74) is 0.711. The largest absolute Gasteiger partial charge is 0.368 e. The first-order chi connectivity index (χ1) is 16.2. The van der Waals surface area contributed by atoms with Gasteiger partial charge in [0.15, 0.2) is 0 Å². The number of hydrogen-bond acceptors (Lipinski definition) is 6. The number of nitro groups is 1. The van der Waals surface area contributed by atoms with Crippen LogP contribution in [0.5, 0.6) is 0 Å². The fraction of sp³-hybridized carbons (Fsp3) is 0.174. The van der Waals surface area contributed by atoms with Crippen LogP contribution in [0.15, 0.2) is 77.7 Å². The molecule has 0 unspecified atom stereocenters. The van der Waals surface area contributed by atoms with E-state index in [-0.39, 0.29) is 27.7 Å². The first-order valence-corrected chi connectivity index (χ1v) is 11.9. The molecule has 4 rings (SSSR count). The Hall–Kier alpha value is -3.99. The summed E-state index contributed by atoms with van der Waals surface area (Å²) in [5.74, 6) is -1.04. The number of para-hydroxylation sites is 1. The number of amides is 1. The molecule has 9 nitrogen and oxygen atoms in total. The van der Waals surface area contributed by atoms with Gasteiger partial charge < -0.3 is 9.80 Å². The van der Waals surface area contributed by atoms with Gasteiger partial charge in [-0.15, -0.1) is 0 Å². The number of non-ortho nitro benzene ring substituents is 1. The number of benzene rings is 3. The Balaban J connectivity index is 1.45. The van der Waals surface area contributed by atoms with E-state index < -0.39 is 20.8 Å². The van der Waals surface area contributed by atoms with Gasteiger partial charge in [0.1, 0.15) is 5.82 Å². The van der Waals surface area contributed by atoms with E-state index in [9.17, 15) is 27.7 Å². The maximum atomic E-state index is 13.9. The number of carbonyl (C=O) groups excluding carboxylic acids is 1. The number of nitrogens with one attached hydrogen (secondary N) is 1. The third kappa shape index (κ3) is 4.99. The topological polar surface area (TPSA) is 113 Å². The summed E-state index contributed by atoms with van der Waals surface area (Å²) in [6, 6.07) is 17.3. The average molecular weight is 485 g/mol. The number of sulfonamides is 1. The highest BCUT2D eigenvalue weighted by molar-refractivity contribution is 7.92. The second-order valence-corrected chi connectivity index (χ2v) is 9.35. The molecule has 1 N–H and O–H groups in total. The van der Waals surface area contributed by atoms with Gasteiger partial charge in [0.25, 0.3) is 21.6 Å². The lowest BCUT2D eigenvalue weighted by molar-refractivity contribution is -0.384. The van der Waals surface area contributed by atoms with Gasteiger partial charge in [-0.2, -0.15) is 0 Å². The first-order valence-electron chi connectivity index (χ1n) is 10.4. The molecule has 1 heterocycles. The number of nitrogens with zero attached hydrogens (tertiary/aromatic N) is 3. The molecule has 0 aliphatic carbocycles. The molecule has 34 heavy (non-hydrogen) atoms. The minimum absolute atomic E-state index is 0.00183. The van der Waals surface area contributed by atoms with Gasteiger partial charge in [0.05, 0.1) is 15.5 Å². The van der Waals surface area contributed by atoms with Crippen molar-refractivity contribution in [1.29, 1.82) is 0 Å². The van der Waals surface area contributed by atoms with Gasteiger partial charge in [-0.1, -0.05) is 24.3 Å². The summed E-state index contributed by atoms with van der Waals surface area (Å²) in [4.78, 5) is 27.0. The SMILES string of the molecule is O=C(c1cccc(S(=O)(=O)Nc2ccccc2F)c1)N1CCN(c2cccc([N+](=O)[O-])c2)CC1. The van der Waals surface area contributed by atoms with Crippen LogP contribution in [0.3, 0.4) is 0 Å². The number of carbonyl (C=O) groups is 1. The molecule has 0 radical (unpaired) electrons. The molecule has 1 aliphatic rings. The van der Waals surface area contributed by atoms with Crippen LogP contribution in [0.1, 0.15) is 10.4 Å². The van der Waals surface area contributed by atoms with Crippen molar-refractivity contribution in [1.82, 2.24) is 4.90 Å². The highest BCUT2D eigenvalue weighted by atomic mass is 32.2. The Morgan fingerprint density at radius 1 is 0.941 bits per heavy atom. The van der Waals surface area contributed by atoms with E-state index in [1.54, 1.807) is 17.0 Å². The molecule has 0 bridgehead atoms. The van der Waals surface area contributed by atoms with Crippen molar-refractivity contribution in [3.05, 3.63) is 94.3 Å². The van der Waals surface area contributed by atoms with Gasteiger partial charge >= 0.3 is 0 Å². The minimum atomic E-state index is -4.10. The second-order valence-electron chi connectivity index (χ2n) is 7.67. The zero-order valence-corrected chi connectivity index (χ0v) is 18.7. The van der Waals surface area contributed by atoms with Gasteiger partial charge in [-0.05, 0) is 36.4 Å². The van der Waals surface area contributed by atoms with Gasteiger partial charge in [-0.3, -0.25) is 19.6 Å². The number of nitro benzene ring substituents is 1. The summed E-state index contributed by atoms with van der Waals surface area (Å²) in [5, 5.41) is 11.0. The van der Waals surface area contributed by atoms with Crippen molar-refractivity contribution >= 4 is 33.0 Å². The Bertz CT molecular complexity index is 1340. The molecule has 1 saturated heterocycles. The lowest BCUT2D eigenvalue weighted by atomic mass is 10.1. The van der Waals surface area contributed by atoms with Crippen LogP contribution in [0.25, 0.3) is 0 Å². The van der Waals surface area contributed by atoms with Crippen LogP contribution in [-0.4, -0.2) is 50.3 Å². The van der Waals surface area contributed by atoms with Gasteiger partial charge in [0.2, 0.25) is 0 Å². The molecule has 0 aromatic heterocycles. The standard InChI is InChI=1S/C23H21FN4O5S/c24-21-9-1-2-10-22(21)25-34(32,33)20-8-3-5-17(15-20)23(29)27-13-11-26(12-14-27)18-6-4-7-19(16-18)28(30)31/h1-10,15-16,25H,11-14H2. The molecule has 1 fully saturated rings.